The second-order valence-electron chi connectivity index (χ2n) is 6.85. The van der Waals surface area contributed by atoms with E-state index < -0.39 is 0 Å². The predicted octanol–water partition coefficient (Wildman–Crippen LogP) is 2.87. The van der Waals surface area contributed by atoms with E-state index in [9.17, 15) is 5.26 Å². The molecule has 0 unspecified atom stereocenters. The van der Waals surface area contributed by atoms with Gasteiger partial charge >= 0.3 is 0 Å². The Hall–Kier alpha value is -3.17. The quantitative estimate of drug-likeness (QED) is 0.773. The van der Waals surface area contributed by atoms with Crippen LogP contribution in [0.15, 0.2) is 48.7 Å². The Kier molecular flexibility index (Phi) is 4.86. The van der Waals surface area contributed by atoms with Crippen molar-refractivity contribution in [3.63, 3.8) is 0 Å². The standard InChI is InChI=1S/C21H22N6/c1-26-8-10-27(11-9-26)21-7-6-16(15-24-21)14-23-20-12-17(13-22)25-19-5-3-2-4-18(19)20/h2-7,12,15H,8-11,14H2,1H3,(H,23,25). The van der Waals surface area contributed by atoms with Gasteiger partial charge in [0.05, 0.1) is 5.52 Å². The molecule has 0 bridgehead atoms. The molecule has 0 radical (unpaired) electrons. The summed E-state index contributed by atoms with van der Waals surface area (Å²) >= 11 is 0. The summed E-state index contributed by atoms with van der Waals surface area (Å²) in [7, 11) is 2.15. The van der Waals surface area contributed by atoms with Gasteiger partial charge in [-0.05, 0) is 30.8 Å². The SMILES string of the molecule is CN1CCN(c2ccc(CNc3cc(C#N)nc4ccccc34)cn2)CC1. The first kappa shape index (κ1) is 17.3. The van der Waals surface area contributed by atoms with Gasteiger partial charge in [0.1, 0.15) is 17.6 Å². The Bertz CT molecular complexity index is 968. The number of likely N-dealkylation sites (N-methyl/N-ethyl adjacent to an activating group) is 1. The van der Waals surface area contributed by atoms with Gasteiger partial charge in [-0.2, -0.15) is 5.26 Å². The molecule has 6 heteroatoms. The first-order valence-corrected chi connectivity index (χ1v) is 9.15. The van der Waals surface area contributed by atoms with Gasteiger partial charge in [-0.15, -0.1) is 0 Å². The summed E-state index contributed by atoms with van der Waals surface area (Å²) in [6.45, 7) is 4.82. The number of para-hydroxylation sites is 1. The van der Waals surface area contributed by atoms with E-state index in [4.69, 9.17) is 0 Å². The van der Waals surface area contributed by atoms with Crippen LogP contribution in [0.3, 0.4) is 0 Å². The van der Waals surface area contributed by atoms with Gasteiger partial charge in [0.25, 0.3) is 0 Å². The molecule has 1 aliphatic heterocycles. The van der Waals surface area contributed by atoms with Crippen molar-refractivity contribution < 1.29 is 0 Å². The number of aromatic nitrogens is 2. The first-order chi connectivity index (χ1) is 13.2. The number of nitriles is 1. The molecule has 6 nitrogen and oxygen atoms in total. The zero-order chi connectivity index (χ0) is 18.6. The summed E-state index contributed by atoms with van der Waals surface area (Å²) in [6, 6.07) is 16.0. The number of anilines is 2. The molecule has 0 amide bonds. The molecule has 1 aliphatic rings. The lowest BCUT2D eigenvalue weighted by atomic mass is 10.1. The van der Waals surface area contributed by atoms with Crippen LogP contribution >= 0.6 is 0 Å². The van der Waals surface area contributed by atoms with Crippen molar-refractivity contribution in [2.24, 2.45) is 0 Å². The number of hydrogen-bond donors (Lipinski definition) is 1. The Morgan fingerprint density at radius 2 is 1.93 bits per heavy atom. The van der Waals surface area contributed by atoms with Crippen molar-refractivity contribution in [2.75, 3.05) is 43.4 Å². The number of benzene rings is 1. The predicted molar refractivity (Wildman–Crippen MR) is 108 cm³/mol. The van der Waals surface area contributed by atoms with E-state index in [1.165, 1.54) is 0 Å². The molecule has 0 atom stereocenters. The summed E-state index contributed by atoms with van der Waals surface area (Å²) in [5.41, 5.74) is 3.26. The van der Waals surface area contributed by atoms with Crippen LogP contribution in [0.1, 0.15) is 11.3 Å². The van der Waals surface area contributed by atoms with Crippen molar-refractivity contribution in [1.29, 1.82) is 5.26 Å². The number of hydrogen-bond acceptors (Lipinski definition) is 6. The molecule has 27 heavy (non-hydrogen) atoms. The molecule has 136 valence electrons. The van der Waals surface area contributed by atoms with Gasteiger partial charge in [0.2, 0.25) is 0 Å². The molecule has 0 saturated carbocycles. The van der Waals surface area contributed by atoms with Crippen LogP contribution < -0.4 is 10.2 Å². The van der Waals surface area contributed by atoms with E-state index in [1.54, 1.807) is 6.07 Å². The summed E-state index contributed by atoms with van der Waals surface area (Å²) in [5, 5.41) is 13.7. The highest BCUT2D eigenvalue weighted by Gasteiger charge is 2.15. The van der Waals surface area contributed by atoms with Gasteiger partial charge in [0.15, 0.2) is 0 Å². The van der Waals surface area contributed by atoms with Crippen LogP contribution in [0.25, 0.3) is 10.9 Å². The zero-order valence-corrected chi connectivity index (χ0v) is 15.4. The molecule has 1 aromatic carbocycles. The number of nitrogens with zero attached hydrogens (tertiary/aromatic N) is 5. The van der Waals surface area contributed by atoms with Crippen LogP contribution in [-0.2, 0) is 6.54 Å². The number of rotatable bonds is 4. The number of nitrogens with one attached hydrogen (secondary N) is 1. The molecule has 1 saturated heterocycles. The highest BCUT2D eigenvalue weighted by atomic mass is 15.3. The molecule has 1 N–H and O–H groups in total. The molecule has 0 aliphatic carbocycles. The third-order valence-corrected chi connectivity index (χ3v) is 4.95. The maximum absolute atomic E-state index is 9.22. The summed E-state index contributed by atoms with van der Waals surface area (Å²) in [4.78, 5) is 13.7. The van der Waals surface area contributed by atoms with E-state index in [0.29, 0.717) is 12.2 Å². The molecular weight excluding hydrogens is 336 g/mol. The molecule has 1 fully saturated rings. The summed E-state index contributed by atoms with van der Waals surface area (Å²) in [6.07, 6.45) is 1.93. The number of fused-ring (bicyclic) bond motifs is 1. The molecular formula is C21H22N6. The van der Waals surface area contributed by atoms with E-state index in [-0.39, 0.29) is 0 Å². The van der Waals surface area contributed by atoms with E-state index in [0.717, 1.165) is 54.2 Å². The minimum atomic E-state index is 0.416. The summed E-state index contributed by atoms with van der Waals surface area (Å²) < 4.78 is 0. The second-order valence-corrected chi connectivity index (χ2v) is 6.85. The zero-order valence-electron chi connectivity index (χ0n) is 15.4. The maximum atomic E-state index is 9.22. The lowest BCUT2D eigenvalue weighted by Gasteiger charge is -2.33. The van der Waals surface area contributed by atoms with Gasteiger partial charge in [-0.25, -0.2) is 9.97 Å². The van der Waals surface area contributed by atoms with Gasteiger partial charge in [-0.1, -0.05) is 24.3 Å². The Morgan fingerprint density at radius 3 is 2.67 bits per heavy atom. The third-order valence-electron chi connectivity index (χ3n) is 4.95. The van der Waals surface area contributed by atoms with E-state index in [1.807, 2.05) is 30.5 Å². The second kappa shape index (κ2) is 7.60. The van der Waals surface area contributed by atoms with Crippen molar-refractivity contribution in [2.45, 2.75) is 6.54 Å². The van der Waals surface area contributed by atoms with Gasteiger partial charge in [0, 0.05) is 50.0 Å². The Morgan fingerprint density at radius 1 is 1.11 bits per heavy atom. The topological polar surface area (TPSA) is 68.1 Å². The molecule has 3 heterocycles. The van der Waals surface area contributed by atoms with Crippen LogP contribution in [-0.4, -0.2) is 48.1 Å². The molecule has 0 spiro atoms. The fourth-order valence-electron chi connectivity index (χ4n) is 3.32. The third kappa shape index (κ3) is 3.83. The summed E-state index contributed by atoms with van der Waals surface area (Å²) in [5.74, 6) is 1.04. The number of piperazine rings is 1. The van der Waals surface area contributed by atoms with Crippen LogP contribution in [0, 0.1) is 11.3 Å². The molecule has 4 rings (SSSR count). The van der Waals surface area contributed by atoms with Crippen LogP contribution in [0.5, 0.6) is 0 Å². The normalized spacial score (nSPS) is 14.9. The monoisotopic (exact) mass is 358 g/mol. The lowest BCUT2D eigenvalue weighted by molar-refractivity contribution is 0.312. The van der Waals surface area contributed by atoms with E-state index >= 15 is 0 Å². The van der Waals surface area contributed by atoms with Crippen molar-refractivity contribution >= 4 is 22.4 Å². The number of pyridine rings is 2. The van der Waals surface area contributed by atoms with Gasteiger partial charge in [-0.3, -0.25) is 0 Å². The highest BCUT2D eigenvalue weighted by Crippen LogP contribution is 2.23. The largest absolute Gasteiger partial charge is 0.380 e. The fraction of sp³-hybridized carbons (Fsp3) is 0.286. The molecule has 3 aromatic rings. The smallest absolute Gasteiger partial charge is 0.143 e. The average molecular weight is 358 g/mol. The van der Waals surface area contributed by atoms with Crippen LogP contribution in [0.4, 0.5) is 11.5 Å². The van der Waals surface area contributed by atoms with Crippen LogP contribution in [0.2, 0.25) is 0 Å². The lowest BCUT2D eigenvalue weighted by Crippen LogP contribution is -2.44. The maximum Gasteiger partial charge on any atom is 0.143 e. The van der Waals surface area contributed by atoms with E-state index in [2.05, 4.69) is 50.3 Å². The van der Waals surface area contributed by atoms with Crippen molar-refractivity contribution in [1.82, 2.24) is 14.9 Å². The molecule has 2 aromatic heterocycles. The van der Waals surface area contributed by atoms with Crippen molar-refractivity contribution in [3.05, 3.63) is 59.9 Å². The minimum Gasteiger partial charge on any atom is -0.380 e. The fourth-order valence-corrected chi connectivity index (χ4v) is 3.32. The minimum absolute atomic E-state index is 0.416. The average Bonchev–Trinajstić information content (AvgIpc) is 2.73. The first-order valence-electron chi connectivity index (χ1n) is 9.15. The van der Waals surface area contributed by atoms with Crippen molar-refractivity contribution in [3.8, 4) is 6.07 Å². The Labute approximate surface area is 159 Å². The highest BCUT2D eigenvalue weighted by molar-refractivity contribution is 5.91. The van der Waals surface area contributed by atoms with Gasteiger partial charge < -0.3 is 15.1 Å². The Balaban J connectivity index is 1.48.